The highest BCUT2D eigenvalue weighted by atomic mass is 16.1. The topological polar surface area (TPSA) is 52.9 Å². The first-order chi connectivity index (χ1) is 9.69. The van der Waals surface area contributed by atoms with Crippen LogP contribution in [0.1, 0.15) is 38.2 Å². The van der Waals surface area contributed by atoms with Crippen LogP contribution in [-0.2, 0) is 11.2 Å². The number of carbonyl (C=O) groups is 1. The highest BCUT2D eigenvalue weighted by molar-refractivity contribution is 5.81. The van der Waals surface area contributed by atoms with Crippen molar-refractivity contribution in [2.45, 2.75) is 39.0 Å². The second kappa shape index (κ2) is 6.56. The van der Waals surface area contributed by atoms with Crippen molar-refractivity contribution in [3.8, 4) is 6.07 Å². The fourth-order valence-corrected chi connectivity index (χ4v) is 2.78. The molecule has 1 aliphatic rings. The number of nitrogens with zero attached hydrogens (tertiary/aromatic N) is 1. The zero-order chi connectivity index (χ0) is 14.4. The van der Waals surface area contributed by atoms with Crippen molar-refractivity contribution in [1.82, 2.24) is 5.32 Å². The van der Waals surface area contributed by atoms with Gasteiger partial charge in [0.2, 0.25) is 5.91 Å². The van der Waals surface area contributed by atoms with E-state index in [0.29, 0.717) is 11.8 Å². The van der Waals surface area contributed by atoms with Crippen LogP contribution in [0.5, 0.6) is 0 Å². The fourth-order valence-electron chi connectivity index (χ4n) is 2.78. The molecule has 1 atom stereocenters. The monoisotopic (exact) mass is 270 g/mol. The zero-order valence-electron chi connectivity index (χ0n) is 12.1. The number of benzene rings is 1. The fraction of sp³-hybridized carbons (Fsp3) is 0.529. The molecule has 0 bridgehead atoms. The Bertz CT molecular complexity index is 480. The minimum atomic E-state index is -0.591. The number of nitrogens with one attached hydrogen (secondary N) is 1. The highest BCUT2D eigenvalue weighted by Gasteiger charge is 2.35. The molecule has 0 heterocycles. The van der Waals surface area contributed by atoms with Crippen LogP contribution < -0.4 is 5.32 Å². The summed E-state index contributed by atoms with van der Waals surface area (Å²) >= 11 is 0. The van der Waals surface area contributed by atoms with Gasteiger partial charge in [-0.15, -0.1) is 0 Å². The van der Waals surface area contributed by atoms with Crippen LogP contribution >= 0.6 is 0 Å². The van der Waals surface area contributed by atoms with Crippen molar-refractivity contribution in [2.75, 3.05) is 6.54 Å². The average Bonchev–Trinajstić information content (AvgIpc) is 2.45. The van der Waals surface area contributed by atoms with E-state index in [0.717, 1.165) is 18.5 Å². The quantitative estimate of drug-likeness (QED) is 0.863. The molecule has 2 rings (SSSR count). The molecule has 20 heavy (non-hydrogen) atoms. The number of rotatable bonds is 6. The summed E-state index contributed by atoms with van der Waals surface area (Å²) < 4.78 is 0. The summed E-state index contributed by atoms with van der Waals surface area (Å²) in [5.41, 5.74) is 1.32. The van der Waals surface area contributed by atoms with Gasteiger partial charge in [-0.2, -0.15) is 5.26 Å². The van der Waals surface area contributed by atoms with Gasteiger partial charge in [-0.3, -0.25) is 4.79 Å². The molecule has 1 N–H and O–H groups in total. The minimum absolute atomic E-state index is 0.129. The van der Waals surface area contributed by atoms with E-state index in [1.807, 2.05) is 30.3 Å². The van der Waals surface area contributed by atoms with Crippen LogP contribution in [-0.4, -0.2) is 12.5 Å². The maximum atomic E-state index is 12.1. The molecule has 0 aliphatic heterocycles. The van der Waals surface area contributed by atoms with Gasteiger partial charge in [0.1, 0.15) is 5.92 Å². The van der Waals surface area contributed by atoms with Crippen LogP contribution in [0.4, 0.5) is 0 Å². The van der Waals surface area contributed by atoms with Crippen molar-refractivity contribution in [3.05, 3.63) is 35.9 Å². The third-order valence-corrected chi connectivity index (χ3v) is 4.56. The number of hydrogen-bond acceptors (Lipinski definition) is 2. The molecular formula is C17H22N2O. The van der Waals surface area contributed by atoms with Gasteiger partial charge in [0, 0.05) is 6.54 Å². The van der Waals surface area contributed by atoms with Crippen LogP contribution in [0.15, 0.2) is 30.3 Å². The molecule has 1 saturated carbocycles. The Kier molecular flexibility index (Phi) is 4.79. The van der Waals surface area contributed by atoms with Gasteiger partial charge in [-0.1, -0.05) is 43.7 Å². The molecule has 1 aromatic rings. The summed E-state index contributed by atoms with van der Waals surface area (Å²) in [6, 6.07) is 11.8. The first kappa shape index (κ1) is 14.6. The first-order valence-electron chi connectivity index (χ1n) is 7.40. The standard InChI is InChI=1S/C17H22N2O/c1-2-17(9-6-10-17)13-19-16(20)15(12-18)11-14-7-4-3-5-8-14/h3-5,7-8,15H,2,6,9-11,13H2,1H3,(H,19,20). The summed E-state index contributed by atoms with van der Waals surface area (Å²) in [4.78, 5) is 12.1. The third-order valence-electron chi connectivity index (χ3n) is 4.56. The third kappa shape index (κ3) is 3.39. The molecule has 0 saturated heterocycles. The normalized spacial score (nSPS) is 17.6. The lowest BCUT2D eigenvalue weighted by atomic mass is 9.67. The van der Waals surface area contributed by atoms with E-state index >= 15 is 0 Å². The van der Waals surface area contributed by atoms with E-state index in [-0.39, 0.29) is 5.91 Å². The first-order valence-corrected chi connectivity index (χ1v) is 7.40. The summed E-state index contributed by atoms with van der Waals surface area (Å²) in [6.45, 7) is 2.90. The van der Waals surface area contributed by atoms with Gasteiger partial charge in [0.25, 0.3) is 0 Å². The molecule has 0 spiro atoms. The predicted molar refractivity (Wildman–Crippen MR) is 78.8 cm³/mol. The number of nitriles is 1. The van der Waals surface area contributed by atoms with Crippen molar-refractivity contribution in [2.24, 2.45) is 11.3 Å². The molecule has 106 valence electrons. The lowest BCUT2D eigenvalue weighted by Crippen LogP contribution is -2.43. The van der Waals surface area contributed by atoms with Crippen LogP contribution in [0.3, 0.4) is 0 Å². The molecule has 1 aromatic carbocycles. The van der Waals surface area contributed by atoms with E-state index in [1.54, 1.807) is 0 Å². The molecular weight excluding hydrogens is 248 g/mol. The smallest absolute Gasteiger partial charge is 0.237 e. The van der Waals surface area contributed by atoms with Crippen LogP contribution in [0.25, 0.3) is 0 Å². The Morgan fingerprint density at radius 1 is 1.40 bits per heavy atom. The largest absolute Gasteiger partial charge is 0.354 e. The number of amides is 1. The van der Waals surface area contributed by atoms with Gasteiger partial charge in [0.15, 0.2) is 0 Å². The van der Waals surface area contributed by atoms with Gasteiger partial charge in [0.05, 0.1) is 6.07 Å². The second-order valence-electron chi connectivity index (χ2n) is 5.80. The second-order valence-corrected chi connectivity index (χ2v) is 5.80. The van der Waals surface area contributed by atoms with E-state index in [9.17, 15) is 10.1 Å². The van der Waals surface area contributed by atoms with Crippen LogP contribution in [0.2, 0.25) is 0 Å². The Labute approximate surface area is 121 Å². The van der Waals surface area contributed by atoms with E-state index < -0.39 is 5.92 Å². The molecule has 1 unspecified atom stereocenters. The summed E-state index contributed by atoms with van der Waals surface area (Å²) in [5.74, 6) is -0.720. The maximum Gasteiger partial charge on any atom is 0.237 e. The molecule has 1 aliphatic carbocycles. The molecule has 1 amide bonds. The lowest BCUT2D eigenvalue weighted by Gasteiger charge is -2.41. The number of carbonyl (C=O) groups excluding carboxylic acids is 1. The van der Waals surface area contributed by atoms with E-state index in [2.05, 4.69) is 18.3 Å². The average molecular weight is 270 g/mol. The Hall–Kier alpha value is -1.82. The van der Waals surface area contributed by atoms with Gasteiger partial charge in [-0.05, 0) is 36.7 Å². The van der Waals surface area contributed by atoms with Gasteiger partial charge in [-0.25, -0.2) is 0 Å². The Morgan fingerprint density at radius 2 is 2.10 bits per heavy atom. The SMILES string of the molecule is CCC1(CNC(=O)C(C#N)Cc2ccccc2)CCC1. The van der Waals surface area contributed by atoms with Crippen molar-refractivity contribution < 1.29 is 4.79 Å². The number of hydrogen-bond donors (Lipinski definition) is 1. The summed E-state index contributed by atoms with van der Waals surface area (Å²) in [5, 5.41) is 12.2. The predicted octanol–water partition coefficient (Wildman–Crippen LogP) is 3.07. The summed E-state index contributed by atoms with van der Waals surface area (Å²) in [7, 11) is 0. The Balaban J connectivity index is 1.88. The molecule has 3 nitrogen and oxygen atoms in total. The van der Waals surface area contributed by atoms with Crippen molar-refractivity contribution in [3.63, 3.8) is 0 Å². The molecule has 0 radical (unpaired) electrons. The summed E-state index contributed by atoms with van der Waals surface area (Å²) in [6.07, 6.45) is 5.24. The van der Waals surface area contributed by atoms with Crippen LogP contribution in [0, 0.1) is 22.7 Å². The zero-order valence-corrected chi connectivity index (χ0v) is 12.1. The van der Waals surface area contributed by atoms with Gasteiger partial charge < -0.3 is 5.32 Å². The van der Waals surface area contributed by atoms with Crippen molar-refractivity contribution >= 4 is 5.91 Å². The van der Waals surface area contributed by atoms with Crippen molar-refractivity contribution in [1.29, 1.82) is 5.26 Å². The van der Waals surface area contributed by atoms with Gasteiger partial charge >= 0.3 is 0 Å². The minimum Gasteiger partial charge on any atom is -0.354 e. The Morgan fingerprint density at radius 3 is 2.60 bits per heavy atom. The maximum absolute atomic E-state index is 12.1. The lowest BCUT2D eigenvalue weighted by molar-refractivity contribution is -0.124. The van der Waals surface area contributed by atoms with E-state index in [1.165, 1.54) is 19.3 Å². The molecule has 0 aromatic heterocycles. The highest BCUT2D eigenvalue weighted by Crippen LogP contribution is 2.43. The molecule has 1 fully saturated rings. The van der Waals surface area contributed by atoms with E-state index in [4.69, 9.17) is 0 Å². The molecule has 3 heteroatoms.